The van der Waals surface area contributed by atoms with Crippen molar-refractivity contribution in [1.82, 2.24) is 5.32 Å². The monoisotopic (exact) mass is 317 g/mol. The van der Waals surface area contributed by atoms with Crippen molar-refractivity contribution in [3.63, 3.8) is 0 Å². The van der Waals surface area contributed by atoms with Crippen LogP contribution in [-0.4, -0.2) is 30.0 Å². The first-order chi connectivity index (χ1) is 8.70. The van der Waals surface area contributed by atoms with E-state index in [4.69, 9.17) is 4.74 Å². The summed E-state index contributed by atoms with van der Waals surface area (Å²) in [7, 11) is 0. The quantitative estimate of drug-likeness (QED) is 0.810. The van der Waals surface area contributed by atoms with Gasteiger partial charge in [-0.25, -0.2) is 0 Å². The molecule has 0 aromatic rings. The molecule has 1 aliphatic heterocycles. The average molecular weight is 318 g/mol. The summed E-state index contributed by atoms with van der Waals surface area (Å²) in [5, 5.41) is 3.14. The molecule has 104 valence electrons. The molecule has 4 heteroatoms. The summed E-state index contributed by atoms with van der Waals surface area (Å²) >= 11 is 3.69. The van der Waals surface area contributed by atoms with Crippen molar-refractivity contribution in [2.24, 2.45) is 11.8 Å². The van der Waals surface area contributed by atoms with Gasteiger partial charge in [-0.1, -0.05) is 29.3 Å². The summed E-state index contributed by atoms with van der Waals surface area (Å²) in [6, 6.07) is 0. The normalized spacial score (nSPS) is 36.6. The van der Waals surface area contributed by atoms with Crippen LogP contribution >= 0.6 is 15.9 Å². The summed E-state index contributed by atoms with van der Waals surface area (Å²) in [5.74, 6) is 0.934. The molecule has 0 spiro atoms. The van der Waals surface area contributed by atoms with Crippen LogP contribution in [0.15, 0.2) is 0 Å². The second kappa shape index (κ2) is 6.90. The van der Waals surface area contributed by atoms with E-state index in [9.17, 15) is 4.79 Å². The highest BCUT2D eigenvalue weighted by molar-refractivity contribution is 9.09. The number of carbonyl (C=O) groups is 1. The Morgan fingerprint density at radius 1 is 1.39 bits per heavy atom. The summed E-state index contributed by atoms with van der Waals surface area (Å²) in [6.45, 7) is 3.67. The van der Waals surface area contributed by atoms with Crippen LogP contribution in [0.25, 0.3) is 0 Å². The van der Waals surface area contributed by atoms with Gasteiger partial charge in [-0.2, -0.15) is 0 Å². The Hall–Kier alpha value is -0.0900. The van der Waals surface area contributed by atoms with Gasteiger partial charge >= 0.3 is 0 Å². The van der Waals surface area contributed by atoms with Crippen LogP contribution in [0, 0.1) is 11.8 Å². The Balaban J connectivity index is 1.74. The van der Waals surface area contributed by atoms with Crippen LogP contribution in [-0.2, 0) is 9.53 Å². The van der Waals surface area contributed by atoms with E-state index in [2.05, 4.69) is 28.2 Å². The van der Waals surface area contributed by atoms with E-state index in [0.29, 0.717) is 10.7 Å². The predicted octanol–water partition coefficient (Wildman–Crippen LogP) is 2.87. The fourth-order valence-corrected chi connectivity index (χ4v) is 3.99. The number of carbonyl (C=O) groups excluding carboxylic acids is 1. The second-order valence-electron chi connectivity index (χ2n) is 5.59. The Morgan fingerprint density at radius 2 is 2.22 bits per heavy atom. The van der Waals surface area contributed by atoms with Crippen molar-refractivity contribution in [2.45, 2.75) is 56.4 Å². The highest BCUT2D eigenvalue weighted by Gasteiger charge is 2.33. The highest BCUT2D eigenvalue weighted by atomic mass is 79.9. The maximum atomic E-state index is 12.1. The van der Waals surface area contributed by atoms with Crippen molar-refractivity contribution < 1.29 is 9.53 Å². The van der Waals surface area contributed by atoms with Gasteiger partial charge in [0.15, 0.2) is 0 Å². The van der Waals surface area contributed by atoms with Crippen molar-refractivity contribution >= 4 is 21.8 Å². The lowest BCUT2D eigenvalue weighted by Crippen LogP contribution is -2.38. The van der Waals surface area contributed by atoms with Gasteiger partial charge in [0.25, 0.3) is 0 Å². The van der Waals surface area contributed by atoms with E-state index < -0.39 is 0 Å². The lowest BCUT2D eigenvalue weighted by molar-refractivity contribution is -0.126. The third-order valence-corrected chi connectivity index (χ3v) is 5.06. The molecule has 1 amide bonds. The van der Waals surface area contributed by atoms with Gasteiger partial charge < -0.3 is 10.1 Å². The largest absolute Gasteiger partial charge is 0.377 e. The van der Waals surface area contributed by atoms with Gasteiger partial charge in [0.1, 0.15) is 0 Å². The zero-order valence-corrected chi connectivity index (χ0v) is 12.7. The van der Waals surface area contributed by atoms with Crippen molar-refractivity contribution in [3.8, 4) is 0 Å². The molecule has 0 aromatic heterocycles. The molecule has 4 unspecified atom stereocenters. The molecule has 0 bridgehead atoms. The Morgan fingerprint density at radius 3 is 2.94 bits per heavy atom. The summed E-state index contributed by atoms with van der Waals surface area (Å²) in [6.07, 6.45) is 6.96. The molecule has 1 N–H and O–H groups in total. The zero-order chi connectivity index (χ0) is 13.0. The second-order valence-corrected chi connectivity index (χ2v) is 6.88. The molecule has 1 aliphatic carbocycles. The minimum atomic E-state index is 0.0818. The van der Waals surface area contributed by atoms with E-state index in [-0.39, 0.29) is 17.9 Å². The number of alkyl halides is 1. The van der Waals surface area contributed by atoms with Crippen LogP contribution in [0.5, 0.6) is 0 Å². The molecule has 0 aromatic carbocycles. The zero-order valence-electron chi connectivity index (χ0n) is 11.2. The molecule has 1 saturated heterocycles. The molecule has 2 aliphatic rings. The van der Waals surface area contributed by atoms with Crippen LogP contribution in [0.1, 0.15) is 45.4 Å². The fraction of sp³-hybridized carbons (Fsp3) is 0.929. The molecule has 2 rings (SSSR count). The highest BCUT2D eigenvalue weighted by Crippen LogP contribution is 2.29. The Kier molecular flexibility index (Phi) is 5.49. The molecule has 1 heterocycles. The lowest BCUT2D eigenvalue weighted by atomic mass is 9.89. The first-order valence-electron chi connectivity index (χ1n) is 7.24. The number of hydrogen-bond acceptors (Lipinski definition) is 2. The van der Waals surface area contributed by atoms with Crippen molar-refractivity contribution in [3.05, 3.63) is 0 Å². The number of nitrogens with one attached hydrogen (secondary N) is 1. The van der Waals surface area contributed by atoms with E-state index >= 15 is 0 Å². The van der Waals surface area contributed by atoms with Gasteiger partial charge in [0.05, 0.1) is 12.0 Å². The minimum Gasteiger partial charge on any atom is -0.377 e. The smallest absolute Gasteiger partial charge is 0.225 e. The summed E-state index contributed by atoms with van der Waals surface area (Å²) in [4.78, 5) is 12.8. The van der Waals surface area contributed by atoms with E-state index in [1.54, 1.807) is 0 Å². The first kappa shape index (κ1) is 14.3. The fourth-order valence-electron chi connectivity index (χ4n) is 3.14. The SMILES string of the molecule is CCC1OCCC1C(=O)NCC1CCCC(Br)C1. The van der Waals surface area contributed by atoms with Gasteiger partial charge in [-0.05, 0) is 38.0 Å². The molecule has 0 radical (unpaired) electrons. The number of rotatable bonds is 4. The molecule has 4 atom stereocenters. The maximum Gasteiger partial charge on any atom is 0.225 e. The summed E-state index contributed by atoms with van der Waals surface area (Å²) < 4.78 is 5.58. The number of hydrogen-bond donors (Lipinski definition) is 1. The predicted molar refractivity (Wildman–Crippen MR) is 75.8 cm³/mol. The Labute approximate surface area is 118 Å². The van der Waals surface area contributed by atoms with Crippen LogP contribution in [0.3, 0.4) is 0 Å². The van der Waals surface area contributed by atoms with E-state index in [0.717, 1.165) is 26.0 Å². The molecular weight excluding hydrogens is 294 g/mol. The van der Waals surface area contributed by atoms with E-state index in [1.165, 1.54) is 25.7 Å². The standard InChI is InChI=1S/C14H24BrNO2/c1-2-13-12(6-7-18-13)14(17)16-9-10-4-3-5-11(15)8-10/h10-13H,2-9H2,1H3,(H,16,17). The van der Waals surface area contributed by atoms with Crippen molar-refractivity contribution in [2.75, 3.05) is 13.2 Å². The van der Waals surface area contributed by atoms with Gasteiger partial charge in [0, 0.05) is 18.0 Å². The van der Waals surface area contributed by atoms with Crippen LogP contribution < -0.4 is 5.32 Å². The van der Waals surface area contributed by atoms with Gasteiger partial charge in [-0.3, -0.25) is 4.79 Å². The molecule has 1 saturated carbocycles. The number of halogens is 1. The molecular formula is C14H24BrNO2. The topological polar surface area (TPSA) is 38.3 Å². The van der Waals surface area contributed by atoms with Crippen LogP contribution in [0.4, 0.5) is 0 Å². The van der Waals surface area contributed by atoms with Gasteiger partial charge in [0.2, 0.25) is 5.91 Å². The third kappa shape index (κ3) is 3.70. The minimum absolute atomic E-state index is 0.0818. The van der Waals surface area contributed by atoms with Crippen molar-refractivity contribution in [1.29, 1.82) is 0 Å². The van der Waals surface area contributed by atoms with Gasteiger partial charge in [-0.15, -0.1) is 0 Å². The lowest BCUT2D eigenvalue weighted by Gasteiger charge is -2.26. The number of ether oxygens (including phenoxy) is 1. The average Bonchev–Trinajstić information content (AvgIpc) is 2.84. The van der Waals surface area contributed by atoms with E-state index in [1.807, 2.05) is 0 Å². The summed E-state index contributed by atoms with van der Waals surface area (Å²) in [5.41, 5.74) is 0. The molecule has 18 heavy (non-hydrogen) atoms. The maximum absolute atomic E-state index is 12.1. The molecule has 2 fully saturated rings. The first-order valence-corrected chi connectivity index (χ1v) is 8.15. The number of amides is 1. The molecule has 3 nitrogen and oxygen atoms in total. The Bertz CT molecular complexity index is 285. The van der Waals surface area contributed by atoms with Crippen LogP contribution in [0.2, 0.25) is 0 Å². The third-order valence-electron chi connectivity index (χ3n) is 4.23.